The largest absolute Gasteiger partial charge is 0.365 e. The summed E-state index contributed by atoms with van der Waals surface area (Å²) in [4.78, 5) is 40.0. The molecule has 1 aliphatic carbocycles. The number of H-pyrrole nitrogens is 1. The Morgan fingerprint density at radius 2 is 1.94 bits per heavy atom. The van der Waals surface area contributed by atoms with Gasteiger partial charge in [0.05, 0.1) is 16.7 Å². The molecular formula is C24H27FN6O2. The summed E-state index contributed by atoms with van der Waals surface area (Å²) in [6.45, 7) is 5.59. The highest BCUT2D eigenvalue weighted by molar-refractivity contribution is 5.92. The van der Waals surface area contributed by atoms with Crippen molar-refractivity contribution in [3.8, 4) is 0 Å². The topological polar surface area (TPSA) is 94.2 Å². The second-order valence-electron chi connectivity index (χ2n) is 8.75. The normalized spacial score (nSPS) is 16.3. The van der Waals surface area contributed by atoms with Crippen LogP contribution in [-0.4, -0.2) is 59.0 Å². The summed E-state index contributed by atoms with van der Waals surface area (Å²) >= 11 is 0. The van der Waals surface area contributed by atoms with Crippen LogP contribution in [0, 0.1) is 12.9 Å². The number of fused-ring (bicyclic) bond motifs is 3. The van der Waals surface area contributed by atoms with E-state index >= 15 is 0 Å². The molecule has 9 heteroatoms. The molecule has 2 N–H and O–H groups in total. The molecule has 1 amide bonds. The lowest BCUT2D eigenvalue weighted by molar-refractivity contribution is 0.0957. The monoisotopic (exact) mass is 450 g/mol. The van der Waals surface area contributed by atoms with E-state index in [0.29, 0.717) is 18.8 Å². The van der Waals surface area contributed by atoms with Crippen LogP contribution in [-0.2, 0) is 19.4 Å². The van der Waals surface area contributed by atoms with E-state index in [4.69, 9.17) is 4.98 Å². The van der Waals surface area contributed by atoms with Crippen molar-refractivity contribution in [2.45, 2.75) is 32.7 Å². The Labute approximate surface area is 190 Å². The Morgan fingerprint density at radius 1 is 1.18 bits per heavy atom. The molecule has 3 aromatic rings. The maximum atomic E-state index is 14.5. The first-order valence-corrected chi connectivity index (χ1v) is 11.3. The van der Waals surface area contributed by atoms with Crippen molar-refractivity contribution in [3.05, 3.63) is 62.6 Å². The number of hydrogen-bond acceptors (Lipinski definition) is 6. The number of aromatic amines is 1. The standard InChI is InChI=1S/C24H27FN6O2/c1-14-15(12-27-21-16-4-3-5-17(16)23(32)29-20(14)21)13-30-8-10-31(11-9-30)19-7-6-18(24(33)26-2)28-22(19)25/h6-7,12H,3-5,8-11,13H2,1-2H3,(H,26,33)(H,29,32). The third kappa shape index (κ3) is 3.86. The van der Waals surface area contributed by atoms with Gasteiger partial charge in [0.25, 0.3) is 11.5 Å². The molecule has 0 radical (unpaired) electrons. The highest BCUT2D eigenvalue weighted by Gasteiger charge is 2.23. The number of aryl methyl sites for hydroxylation is 2. The zero-order chi connectivity index (χ0) is 23.1. The second-order valence-corrected chi connectivity index (χ2v) is 8.75. The van der Waals surface area contributed by atoms with Crippen molar-refractivity contribution in [1.29, 1.82) is 0 Å². The predicted molar refractivity (Wildman–Crippen MR) is 124 cm³/mol. The van der Waals surface area contributed by atoms with Crippen molar-refractivity contribution < 1.29 is 9.18 Å². The molecule has 8 nitrogen and oxygen atoms in total. The highest BCUT2D eigenvalue weighted by atomic mass is 19.1. The quantitative estimate of drug-likeness (QED) is 0.590. The zero-order valence-electron chi connectivity index (χ0n) is 18.9. The van der Waals surface area contributed by atoms with E-state index < -0.39 is 11.9 Å². The van der Waals surface area contributed by atoms with Crippen LogP contribution in [0.4, 0.5) is 10.1 Å². The molecule has 0 saturated carbocycles. The van der Waals surface area contributed by atoms with E-state index in [0.717, 1.165) is 72.2 Å². The minimum atomic E-state index is -0.629. The van der Waals surface area contributed by atoms with E-state index in [-0.39, 0.29) is 11.3 Å². The summed E-state index contributed by atoms with van der Waals surface area (Å²) in [7, 11) is 1.49. The number of pyridine rings is 3. The van der Waals surface area contributed by atoms with E-state index in [2.05, 4.69) is 20.2 Å². The van der Waals surface area contributed by atoms with Crippen molar-refractivity contribution in [3.63, 3.8) is 0 Å². The van der Waals surface area contributed by atoms with Crippen LogP contribution in [0.5, 0.6) is 0 Å². The van der Waals surface area contributed by atoms with Gasteiger partial charge in [-0.15, -0.1) is 0 Å². The molecule has 1 fully saturated rings. The Morgan fingerprint density at radius 3 is 2.67 bits per heavy atom. The summed E-state index contributed by atoms with van der Waals surface area (Å²) in [6, 6.07) is 3.17. The predicted octanol–water partition coefficient (Wildman–Crippen LogP) is 1.94. The molecule has 5 rings (SSSR count). The molecule has 3 aromatic heterocycles. The number of carbonyl (C=O) groups is 1. The van der Waals surface area contributed by atoms with Crippen molar-refractivity contribution in [1.82, 2.24) is 25.2 Å². The van der Waals surface area contributed by atoms with Gasteiger partial charge < -0.3 is 15.2 Å². The minimum absolute atomic E-state index is 0.0173. The molecule has 0 aromatic carbocycles. The Balaban J connectivity index is 1.30. The second kappa shape index (κ2) is 8.55. The van der Waals surface area contributed by atoms with Gasteiger partial charge in [-0.25, -0.2) is 4.98 Å². The number of hydrogen-bond donors (Lipinski definition) is 2. The van der Waals surface area contributed by atoms with Gasteiger partial charge in [-0.05, 0) is 55.0 Å². The molecule has 4 heterocycles. The zero-order valence-corrected chi connectivity index (χ0v) is 18.9. The summed E-state index contributed by atoms with van der Waals surface area (Å²) in [5, 5.41) is 2.45. The fraction of sp³-hybridized carbons (Fsp3) is 0.417. The van der Waals surface area contributed by atoms with Crippen LogP contribution < -0.4 is 15.8 Å². The SMILES string of the molecule is CNC(=O)c1ccc(N2CCN(Cc3cnc4c5c(c(=O)[nH]c4c3C)CCC5)CC2)c(F)n1. The molecule has 2 aliphatic rings. The first kappa shape index (κ1) is 21.5. The fourth-order valence-electron chi connectivity index (χ4n) is 4.93. The maximum absolute atomic E-state index is 14.5. The van der Waals surface area contributed by atoms with Gasteiger partial charge in [0, 0.05) is 51.5 Å². The van der Waals surface area contributed by atoms with Crippen LogP contribution in [0.15, 0.2) is 23.1 Å². The summed E-state index contributed by atoms with van der Waals surface area (Å²) < 4.78 is 14.5. The molecule has 0 bridgehead atoms. The van der Waals surface area contributed by atoms with Gasteiger partial charge in [-0.3, -0.25) is 19.5 Å². The number of rotatable bonds is 4. The van der Waals surface area contributed by atoms with E-state index in [1.165, 1.54) is 7.05 Å². The Kier molecular flexibility index (Phi) is 5.57. The molecule has 0 unspecified atom stereocenters. The Bertz CT molecular complexity index is 1300. The van der Waals surface area contributed by atoms with Crippen molar-refractivity contribution >= 4 is 22.6 Å². The lowest BCUT2D eigenvalue weighted by Gasteiger charge is -2.36. The van der Waals surface area contributed by atoms with Crippen LogP contribution in [0.25, 0.3) is 11.0 Å². The van der Waals surface area contributed by atoms with Gasteiger partial charge in [-0.2, -0.15) is 4.39 Å². The Hall–Kier alpha value is -3.33. The third-order valence-electron chi connectivity index (χ3n) is 6.85. The number of nitrogens with one attached hydrogen (secondary N) is 2. The first-order chi connectivity index (χ1) is 16.0. The van der Waals surface area contributed by atoms with Crippen molar-refractivity contribution in [2.75, 3.05) is 38.1 Å². The fourth-order valence-corrected chi connectivity index (χ4v) is 4.93. The summed E-state index contributed by atoms with van der Waals surface area (Å²) in [5.41, 5.74) is 6.43. The average molecular weight is 451 g/mol. The number of amides is 1. The van der Waals surface area contributed by atoms with Crippen LogP contribution in [0.3, 0.4) is 0 Å². The molecule has 1 aliphatic heterocycles. The van der Waals surface area contributed by atoms with Gasteiger partial charge in [0.15, 0.2) is 0 Å². The number of aromatic nitrogens is 3. The van der Waals surface area contributed by atoms with Crippen LogP contribution in [0.1, 0.15) is 39.2 Å². The van der Waals surface area contributed by atoms with Gasteiger partial charge >= 0.3 is 0 Å². The number of carbonyl (C=O) groups excluding carboxylic acids is 1. The van der Waals surface area contributed by atoms with E-state index in [1.807, 2.05) is 18.0 Å². The number of nitrogens with zero attached hydrogens (tertiary/aromatic N) is 4. The highest BCUT2D eigenvalue weighted by Crippen LogP contribution is 2.28. The average Bonchev–Trinajstić information content (AvgIpc) is 3.32. The minimum Gasteiger partial charge on any atom is -0.365 e. The smallest absolute Gasteiger partial charge is 0.269 e. The van der Waals surface area contributed by atoms with Gasteiger partial charge in [0.1, 0.15) is 5.69 Å². The molecule has 0 spiro atoms. The number of anilines is 1. The van der Waals surface area contributed by atoms with Crippen molar-refractivity contribution in [2.24, 2.45) is 0 Å². The van der Waals surface area contributed by atoms with Crippen LogP contribution >= 0.6 is 0 Å². The third-order valence-corrected chi connectivity index (χ3v) is 6.85. The molecular weight excluding hydrogens is 423 g/mol. The lowest BCUT2D eigenvalue weighted by atomic mass is 10.0. The summed E-state index contributed by atoms with van der Waals surface area (Å²) in [6.07, 6.45) is 4.69. The first-order valence-electron chi connectivity index (χ1n) is 11.3. The molecule has 172 valence electrons. The molecule has 33 heavy (non-hydrogen) atoms. The number of piperazine rings is 1. The van der Waals surface area contributed by atoms with Gasteiger partial charge in [-0.1, -0.05) is 0 Å². The lowest BCUT2D eigenvalue weighted by Crippen LogP contribution is -2.46. The van der Waals surface area contributed by atoms with Crippen LogP contribution in [0.2, 0.25) is 0 Å². The maximum Gasteiger partial charge on any atom is 0.269 e. The molecule has 1 saturated heterocycles. The summed E-state index contributed by atoms with van der Waals surface area (Å²) in [5.74, 6) is -1.04. The number of halogens is 1. The van der Waals surface area contributed by atoms with Gasteiger partial charge in [0.2, 0.25) is 5.95 Å². The molecule has 0 atom stereocenters. The van der Waals surface area contributed by atoms with E-state index in [1.54, 1.807) is 12.1 Å². The van der Waals surface area contributed by atoms with E-state index in [9.17, 15) is 14.0 Å².